The van der Waals surface area contributed by atoms with Crippen LogP contribution in [0, 0.1) is 12.8 Å². The Morgan fingerprint density at radius 2 is 2.27 bits per heavy atom. The van der Waals surface area contributed by atoms with Crippen molar-refractivity contribution >= 4 is 34.6 Å². The van der Waals surface area contributed by atoms with Gasteiger partial charge in [0, 0.05) is 30.0 Å². The highest BCUT2D eigenvalue weighted by Crippen LogP contribution is 2.31. The summed E-state index contributed by atoms with van der Waals surface area (Å²) in [6, 6.07) is 7.69. The molecule has 164 valence electrons. The summed E-state index contributed by atoms with van der Waals surface area (Å²) in [5.41, 5.74) is 1.80. The van der Waals surface area contributed by atoms with E-state index in [2.05, 4.69) is 17.1 Å². The van der Waals surface area contributed by atoms with Crippen LogP contribution in [0.4, 0.5) is 5.69 Å². The first-order valence-corrected chi connectivity index (χ1v) is 11.5. The molecule has 7 heteroatoms. The van der Waals surface area contributed by atoms with Crippen LogP contribution in [-0.2, 0) is 6.54 Å². The predicted molar refractivity (Wildman–Crippen MR) is 127 cm³/mol. The summed E-state index contributed by atoms with van der Waals surface area (Å²) in [5, 5.41) is 4.70. The van der Waals surface area contributed by atoms with Crippen LogP contribution in [0.5, 0.6) is 5.75 Å². The summed E-state index contributed by atoms with van der Waals surface area (Å²) in [7, 11) is 1.64. The summed E-state index contributed by atoms with van der Waals surface area (Å²) in [6.07, 6.45) is 5.49. The van der Waals surface area contributed by atoms with Crippen molar-refractivity contribution in [3.8, 4) is 5.75 Å². The molecule has 0 amide bonds. The van der Waals surface area contributed by atoms with Gasteiger partial charge in [0.1, 0.15) is 11.5 Å². The van der Waals surface area contributed by atoms with Crippen molar-refractivity contribution in [2.24, 2.45) is 5.92 Å². The van der Waals surface area contributed by atoms with Gasteiger partial charge in [-0.1, -0.05) is 18.5 Å². The summed E-state index contributed by atoms with van der Waals surface area (Å²) in [4.78, 5) is 3.88. The number of ether oxygens (including phenoxy) is 1. The summed E-state index contributed by atoms with van der Waals surface area (Å²) in [6.45, 7) is 9.58. The van der Waals surface area contributed by atoms with E-state index in [0.29, 0.717) is 22.4 Å². The van der Waals surface area contributed by atoms with E-state index < -0.39 is 0 Å². The molecule has 5 nitrogen and oxygen atoms in total. The zero-order chi connectivity index (χ0) is 21.5. The molecule has 1 saturated heterocycles. The Balaban J connectivity index is 1.65. The van der Waals surface area contributed by atoms with Crippen molar-refractivity contribution in [2.45, 2.75) is 39.7 Å². The molecule has 30 heavy (non-hydrogen) atoms. The minimum atomic E-state index is 0.638. The molecule has 0 bridgehead atoms. The van der Waals surface area contributed by atoms with Crippen LogP contribution in [-0.4, -0.2) is 43.3 Å². The van der Waals surface area contributed by atoms with Crippen molar-refractivity contribution in [2.75, 3.05) is 38.6 Å². The number of piperidine rings is 1. The first-order chi connectivity index (χ1) is 14.5. The molecule has 1 fully saturated rings. The third-order valence-electron chi connectivity index (χ3n) is 5.76. The predicted octanol–water partition coefficient (Wildman–Crippen LogP) is 4.15. The molecule has 2 N–H and O–H groups in total. The van der Waals surface area contributed by atoms with Crippen LogP contribution >= 0.6 is 23.8 Å². The van der Waals surface area contributed by atoms with Crippen LogP contribution in [0.15, 0.2) is 34.9 Å². The zero-order valence-electron chi connectivity index (χ0n) is 18.2. The SMILES string of the molecule is COc1cc(Cl)c(C)cc1NC(=S)N(CCC[NH+]1CCCC(C)C1)Cc1ccco1. The van der Waals surface area contributed by atoms with Crippen LogP contribution in [0.2, 0.25) is 5.02 Å². The molecule has 0 aliphatic carbocycles. The second-order valence-electron chi connectivity index (χ2n) is 8.29. The first kappa shape index (κ1) is 22.9. The molecule has 3 rings (SSSR count). The van der Waals surface area contributed by atoms with Gasteiger partial charge in [-0.25, -0.2) is 0 Å². The normalized spacial score (nSPS) is 18.8. The molecule has 0 radical (unpaired) electrons. The van der Waals surface area contributed by atoms with Gasteiger partial charge in [-0.3, -0.25) is 0 Å². The van der Waals surface area contributed by atoms with E-state index in [9.17, 15) is 0 Å². The third-order valence-corrected chi connectivity index (χ3v) is 6.53. The molecule has 0 saturated carbocycles. The lowest BCUT2D eigenvalue weighted by molar-refractivity contribution is -0.908. The van der Waals surface area contributed by atoms with Gasteiger partial charge in [0.05, 0.1) is 45.2 Å². The number of benzene rings is 1. The molecule has 1 aliphatic rings. The first-order valence-electron chi connectivity index (χ1n) is 10.7. The van der Waals surface area contributed by atoms with Crippen LogP contribution in [0.25, 0.3) is 0 Å². The Morgan fingerprint density at radius 3 is 2.97 bits per heavy atom. The number of methoxy groups -OCH3 is 1. The van der Waals surface area contributed by atoms with Gasteiger partial charge in [0.15, 0.2) is 5.11 Å². The number of aryl methyl sites for hydroxylation is 1. The lowest BCUT2D eigenvalue weighted by Crippen LogP contribution is -3.13. The largest absolute Gasteiger partial charge is 0.495 e. The van der Waals surface area contributed by atoms with Gasteiger partial charge in [0.2, 0.25) is 0 Å². The number of nitrogens with one attached hydrogen (secondary N) is 2. The van der Waals surface area contributed by atoms with Crippen LogP contribution in [0.3, 0.4) is 0 Å². The average Bonchev–Trinajstić information content (AvgIpc) is 3.23. The molecule has 0 spiro atoms. The van der Waals surface area contributed by atoms with Crippen LogP contribution in [0.1, 0.15) is 37.5 Å². The fourth-order valence-corrected chi connectivity index (χ4v) is 4.53. The summed E-state index contributed by atoms with van der Waals surface area (Å²) >= 11 is 12.0. The maximum atomic E-state index is 6.25. The fraction of sp³-hybridized carbons (Fsp3) is 0.522. The Hall–Kier alpha value is -1.76. The Bertz CT molecular complexity index is 828. The fourth-order valence-electron chi connectivity index (χ4n) is 4.11. The molecule has 1 aromatic heterocycles. The lowest BCUT2D eigenvalue weighted by atomic mass is 10.0. The maximum Gasteiger partial charge on any atom is 0.173 e. The number of likely N-dealkylation sites (tertiary alicyclic amines) is 1. The van der Waals surface area contributed by atoms with Crippen molar-refractivity contribution in [1.82, 2.24) is 4.90 Å². The molecular weight excluding hydrogens is 418 g/mol. The Labute approximate surface area is 190 Å². The minimum Gasteiger partial charge on any atom is -0.495 e. The molecule has 2 heterocycles. The second-order valence-corrected chi connectivity index (χ2v) is 9.08. The molecule has 1 aliphatic heterocycles. The van der Waals surface area contributed by atoms with E-state index in [1.165, 1.54) is 32.5 Å². The highest BCUT2D eigenvalue weighted by molar-refractivity contribution is 7.80. The monoisotopic (exact) mass is 450 g/mol. The molecule has 2 aromatic rings. The van der Waals surface area contributed by atoms with Crippen molar-refractivity contribution in [3.05, 3.63) is 46.9 Å². The summed E-state index contributed by atoms with van der Waals surface area (Å²) < 4.78 is 11.1. The smallest absolute Gasteiger partial charge is 0.173 e. The molecule has 1 aromatic carbocycles. The quantitative estimate of drug-likeness (QED) is 0.591. The number of hydrogen-bond donors (Lipinski definition) is 2. The molecule has 2 atom stereocenters. The summed E-state index contributed by atoms with van der Waals surface area (Å²) in [5.74, 6) is 2.41. The van der Waals surface area contributed by atoms with E-state index in [-0.39, 0.29) is 0 Å². The maximum absolute atomic E-state index is 6.25. The number of thiocarbonyl (C=S) groups is 1. The number of hydrogen-bond acceptors (Lipinski definition) is 3. The average molecular weight is 451 g/mol. The van der Waals surface area contributed by atoms with Gasteiger partial charge >= 0.3 is 0 Å². The van der Waals surface area contributed by atoms with Crippen molar-refractivity contribution < 1.29 is 14.1 Å². The van der Waals surface area contributed by atoms with E-state index in [1.807, 2.05) is 31.2 Å². The van der Waals surface area contributed by atoms with Gasteiger partial charge in [-0.15, -0.1) is 0 Å². The topological polar surface area (TPSA) is 42.1 Å². The van der Waals surface area contributed by atoms with Crippen LogP contribution < -0.4 is 15.0 Å². The van der Waals surface area contributed by atoms with Gasteiger partial charge in [0.25, 0.3) is 0 Å². The standard InChI is InChI=1S/C23H32ClN3O2S/c1-17-7-4-9-26(15-17)10-6-11-27(16-19-8-5-12-29-19)23(30)25-21-13-18(2)20(24)14-22(21)28-3/h5,8,12-14,17H,4,6-7,9-11,15-16H2,1-3H3,(H,25,30)/p+1. The third kappa shape index (κ3) is 6.37. The van der Waals surface area contributed by atoms with Crippen molar-refractivity contribution in [1.29, 1.82) is 0 Å². The van der Waals surface area contributed by atoms with E-state index in [4.69, 9.17) is 33.0 Å². The highest BCUT2D eigenvalue weighted by Gasteiger charge is 2.20. The zero-order valence-corrected chi connectivity index (χ0v) is 19.7. The number of nitrogens with zero attached hydrogens (tertiary/aromatic N) is 1. The van der Waals surface area contributed by atoms with Gasteiger partial charge in [-0.05, 0) is 55.7 Å². The molecular formula is C23H33ClN3O2S+. The minimum absolute atomic E-state index is 0.638. The van der Waals surface area contributed by atoms with E-state index in [1.54, 1.807) is 18.3 Å². The number of quaternary nitrogens is 1. The second kappa shape index (κ2) is 11.0. The number of furan rings is 1. The highest BCUT2D eigenvalue weighted by atomic mass is 35.5. The van der Waals surface area contributed by atoms with Crippen molar-refractivity contribution in [3.63, 3.8) is 0 Å². The molecule has 2 unspecified atom stereocenters. The van der Waals surface area contributed by atoms with E-state index in [0.717, 1.165) is 35.9 Å². The number of anilines is 1. The lowest BCUT2D eigenvalue weighted by Gasteiger charge is -2.30. The number of halogens is 1. The Kier molecular flexibility index (Phi) is 8.42. The van der Waals surface area contributed by atoms with Gasteiger partial charge < -0.3 is 24.3 Å². The van der Waals surface area contributed by atoms with Gasteiger partial charge in [-0.2, -0.15) is 0 Å². The van der Waals surface area contributed by atoms with E-state index >= 15 is 0 Å². The number of rotatable bonds is 8. The Morgan fingerprint density at radius 1 is 1.43 bits per heavy atom.